The Morgan fingerprint density at radius 2 is 1.95 bits per heavy atom. The topological polar surface area (TPSA) is 80.4 Å². The molecule has 0 aliphatic rings. The van der Waals surface area contributed by atoms with Crippen LogP contribution in [0.4, 0.5) is 5.69 Å². The molecule has 0 saturated carbocycles. The number of likely N-dealkylation sites (N-methyl/N-ethyl adjacent to an activating group) is 1. The molecule has 1 heterocycles. The molecule has 1 aromatic rings. The summed E-state index contributed by atoms with van der Waals surface area (Å²) in [5, 5.41) is 2.65. The predicted molar refractivity (Wildman–Crippen MR) is 79.5 cm³/mol. The molecule has 0 bridgehead atoms. The summed E-state index contributed by atoms with van der Waals surface area (Å²) in [5.41, 5.74) is 6.74. The first-order chi connectivity index (χ1) is 9.40. The fourth-order valence-electron chi connectivity index (χ4n) is 2.04. The summed E-state index contributed by atoms with van der Waals surface area (Å²) in [4.78, 5) is 25.7. The lowest BCUT2D eigenvalue weighted by Crippen LogP contribution is -2.40. The standard InChI is InChI=1S/C14H24N4O2/c1-5-17(6-2)13(19)8-16-14(20)12-7-11(15)9-18(12)10(3)4/h7,9-10H,5-6,8,15H2,1-4H3,(H,16,20). The van der Waals surface area contributed by atoms with Crippen molar-refractivity contribution in [3.8, 4) is 0 Å². The zero-order valence-electron chi connectivity index (χ0n) is 12.6. The van der Waals surface area contributed by atoms with E-state index < -0.39 is 0 Å². The van der Waals surface area contributed by atoms with Crippen LogP contribution in [0.5, 0.6) is 0 Å². The van der Waals surface area contributed by atoms with Crippen LogP contribution in [-0.2, 0) is 4.79 Å². The normalized spacial score (nSPS) is 10.7. The van der Waals surface area contributed by atoms with E-state index in [2.05, 4.69) is 5.32 Å². The largest absolute Gasteiger partial charge is 0.397 e. The van der Waals surface area contributed by atoms with E-state index in [1.54, 1.807) is 21.7 Å². The number of nitrogen functional groups attached to an aromatic ring is 1. The number of carbonyl (C=O) groups excluding carboxylic acids is 2. The van der Waals surface area contributed by atoms with Crippen LogP contribution in [0.15, 0.2) is 12.3 Å². The van der Waals surface area contributed by atoms with Crippen molar-refractivity contribution in [1.82, 2.24) is 14.8 Å². The fourth-order valence-corrected chi connectivity index (χ4v) is 2.04. The highest BCUT2D eigenvalue weighted by Gasteiger charge is 2.16. The number of nitrogens with two attached hydrogens (primary N) is 1. The van der Waals surface area contributed by atoms with Gasteiger partial charge in [-0.1, -0.05) is 0 Å². The van der Waals surface area contributed by atoms with E-state index in [9.17, 15) is 9.59 Å². The third-order valence-electron chi connectivity index (χ3n) is 3.18. The lowest BCUT2D eigenvalue weighted by Gasteiger charge is -2.19. The number of nitrogens with one attached hydrogen (secondary N) is 1. The third kappa shape index (κ3) is 3.76. The van der Waals surface area contributed by atoms with E-state index in [-0.39, 0.29) is 24.4 Å². The van der Waals surface area contributed by atoms with Crippen LogP contribution >= 0.6 is 0 Å². The number of amides is 2. The number of carbonyl (C=O) groups is 2. The molecule has 0 radical (unpaired) electrons. The van der Waals surface area contributed by atoms with E-state index in [1.165, 1.54) is 0 Å². The van der Waals surface area contributed by atoms with E-state index in [4.69, 9.17) is 5.73 Å². The maximum atomic E-state index is 12.1. The summed E-state index contributed by atoms with van der Waals surface area (Å²) in [6.45, 7) is 9.04. The van der Waals surface area contributed by atoms with Crippen LogP contribution in [-0.4, -0.2) is 40.9 Å². The number of nitrogens with zero attached hydrogens (tertiary/aromatic N) is 2. The summed E-state index contributed by atoms with van der Waals surface area (Å²) in [7, 11) is 0. The van der Waals surface area contributed by atoms with Gasteiger partial charge in [0.05, 0.1) is 12.2 Å². The maximum absolute atomic E-state index is 12.1. The molecule has 112 valence electrons. The van der Waals surface area contributed by atoms with Crippen molar-refractivity contribution in [2.45, 2.75) is 33.7 Å². The summed E-state index contributed by atoms with van der Waals surface area (Å²) in [6.07, 6.45) is 1.73. The van der Waals surface area contributed by atoms with Crippen LogP contribution in [0, 0.1) is 0 Å². The van der Waals surface area contributed by atoms with Gasteiger partial charge >= 0.3 is 0 Å². The SMILES string of the molecule is CCN(CC)C(=O)CNC(=O)c1cc(N)cn1C(C)C. The van der Waals surface area contributed by atoms with E-state index in [1.807, 2.05) is 27.7 Å². The average molecular weight is 280 g/mol. The minimum Gasteiger partial charge on any atom is -0.397 e. The lowest BCUT2D eigenvalue weighted by molar-refractivity contribution is -0.129. The molecule has 6 heteroatoms. The highest BCUT2D eigenvalue weighted by atomic mass is 16.2. The average Bonchev–Trinajstić information content (AvgIpc) is 2.79. The van der Waals surface area contributed by atoms with Crippen molar-refractivity contribution in [2.24, 2.45) is 0 Å². The molecule has 0 spiro atoms. The van der Waals surface area contributed by atoms with Gasteiger partial charge in [0.25, 0.3) is 5.91 Å². The summed E-state index contributed by atoms with van der Waals surface area (Å²) in [6, 6.07) is 1.75. The molecule has 0 atom stereocenters. The molecule has 20 heavy (non-hydrogen) atoms. The molecular formula is C14H24N4O2. The first-order valence-corrected chi connectivity index (χ1v) is 6.94. The van der Waals surface area contributed by atoms with Gasteiger partial charge in [0.2, 0.25) is 5.91 Å². The first-order valence-electron chi connectivity index (χ1n) is 6.94. The molecule has 3 N–H and O–H groups in total. The van der Waals surface area contributed by atoms with Gasteiger partial charge in [-0.25, -0.2) is 0 Å². The Kier molecular flexibility index (Phi) is 5.61. The maximum Gasteiger partial charge on any atom is 0.268 e. The third-order valence-corrected chi connectivity index (χ3v) is 3.18. The molecule has 0 aromatic carbocycles. The van der Waals surface area contributed by atoms with Gasteiger partial charge in [0.1, 0.15) is 5.69 Å². The Morgan fingerprint density at radius 3 is 2.45 bits per heavy atom. The second kappa shape index (κ2) is 6.98. The number of anilines is 1. The summed E-state index contributed by atoms with van der Waals surface area (Å²) < 4.78 is 1.80. The molecule has 1 rings (SSSR count). The van der Waals surface area contributed by atoms with Crippen molar-refractivity contribution in [1.29, 1.82) is 0 Å². The van der Waals surface area contributed by atoms with Crippen LogP contribution in [0.25, 0.3) is 0 Å². The van der Waals surface area contributed by atoms with Gasteiger partial charge in [-0.15, -0.1) is 0 Å². The molecule has 0 aliphatic carbocycles. The highest BCUT2D eigenvalue weighted by molar-refractivity contribution is 5.96. The first kappa shape index (κ1) is 16.1. The number of hydrogen-bond donors (Lipinski definition) is 2. The summed E-state index contributed by atoms with van der Waals surface area (Å²) in [5.74, 6) is -0.366. The molecule has 0 unspecified atom stereocenters. The van der Waals surface area contributed by atoms with Crippen molar-refractivity contribution in [3.63, 3.8) is 0 Å². The highest BCUT2D eigenvalue weighted by Crippen LogP contribution is 2.16. The predicted octanol–water partition coefficient (Wildman–Crippen LogP) is 1.25. The van der Waals surface area contributed by atoms with Crippen LogP contribution in [0.1, 0.15) is 44.2 Å². The van der Waals surface area contributed by atoms with Crippen LogP contribution in [0.2, 0.25) is 0 Å². The zero-order chi connectivity index (χ0) is 15.3. The van der Waals surface area contributed by atoms with Gasteiger partial charge in [-0.3, -0.25) is 9.59 Å². The zero-order valence-corrected chi connectivity index (χ0v) is 12.6. The van der Waals surface area contributed by atoms with Gasteiger partial charge in [0.15, 0.2) is 0 Å². The fraction of sp³-hybridized carbons (Fsp3) is 0.571. The second-order valence-corrected chi connectivity index (χ2v) is 4.91. The van der Waals surface area contributed by atoms with Crippen LogP contribution < -0.4 is 11.1 Å². The molecule has 6 nitrogen and oxygen atoms in total. The van der Waals surface area contributed by atoms with Gasteiger partial charge in [-0.05, 0) is 33.8 Å². The number of hydrogen-bond acceptors (Lipinski definition) is 3. The Hall–Kier alpha value is -1.98. The minimum atomic E-state index is -0.282. The van der Waals surface area contributed by atoms with Crippen molar-refractivity contribution >= 4 is 17.5 Å². The molecule has 1 aromatic heterocycles. The van der Waals surface area contributed by atoms with E-state index in [0.717, 1.165) is 0 Å². The summed E-state index contributed by atoms with van der Waals surface area (Å²) >= 11 is 0. The molecule has 0 fully saturated rings. The Bertz CT molecular complexity index is 476. The van der Waals surface area contributed by atoms with Gasteiger partial charge in [-0.2, -0.15) is 0 Å². The minimum absolute atomic E-state index is 0.00366. The molecule has 2 amide bonds. The van der Waals surface area contributed by atoms with Gasteiger partial charge < -0.3 is 20.5 Å². The smallest absolute Gasteiger partial charge is 0.268 e. The monoisotopic (exact) mass is 280 g/mol. The quantitative estimate of drug-likeness (QED) is 0.823. The number of rotatable bonds is 6. The number of aromatic nitrogens is 1. The Balaban J connectivity index is 2.70. The van der Waals surface area contributed by atoms with E-state index in [0.29, 0.717) is 24.5 Å². The van der Waals surface area contributed by atoms with Gasteiger partial charge in [0, 0.05) is 25.3 Å². The molecular weight excluding hydrogens is 256 g/mol. The Morgan fingerprint density at radius 1 is 1.35 bits per heavy atom. The van der Waals surface area contributed by atoms with Crippen molar-refractivity contribution in [3.05, 3.63) is 18.0 Å². The van der Waals surface area contributed by atoms with Crippen molar-refractivity contribution in [2.75, 3.05) is 25.4 Å². The van der Waals surface area contributed by atoms with Crippen LogP contribution in [0.3, 0.4) is 0 Å². The van der Waals surface area contributed by atoms with E-state index >= 15 is 0 Å². The Labute approximate surface area is 119 Å². The molecule has 0 aliphatic heterocycles. The van der Waals surface area contributed by atoms with Crippen molar-refractivity contribution < 1.29 is 9.59 Å². The lowest BCUT2D eigenvalue weighted by atomic mass is 10.3. The second-order valence-electron chi connectivity index (χ2n) is 4.91. The molecule has 0 saturated heterocycles.